The Morgan fingerprint density at radius 1 is 1.12 bits per heavy atom. The van der Waals surface area contributed by atoms with Gasteiger partial charge in [0.05, 0.1) is 11.4 Å². The van der Waals surface area contributed by atoms with Crippen molar-refractivity contribution in [2.45, 2.75) is 13.0 Å². The van der Waals surface area contributed by atoms with Crippen LogP contribution in [0.1, 0.15) is 40.1 Å². The highest BCUT2D eigenvalue weighted by atomic mass is 16.2. The van der Waals surface area contributed by atoms with Gasteiger partial charge >= 0.3 is 0 Å². The molecule has 0 bridgehead atoms. The van der Waals surface area contributed by atoms with Crippen LogP contribution in [0.25, 0.3) is 16.5 Å². The summed E-state index contributed by atoms with van der Waals surface area (Å²) in [6, 6.07) is 18.9. The number of allylic oxidation sites excluding steroid dienone is 1. The van der Waals surface area contributed by atoms with Crippen molar-refractivity contribution in [3.05, 3.63) is 129 Å². The van der Waals surface area contributed by atoms with Gasteiger partial charge in [-0.3, -0.25) is 19.0 Å². The number of H-pyrrole nitrogens is 1. The number of nitrogens with two attached hydrogens (primary N) is 1. The monoisotopic (exact) mass is 557 g/mol. The number of nitrogens with one attached hydrogen (secondary N) is 2. The molecule has 0 aliphatic heterocycles. The maximum Gasteiger partial charge on any atom is 0.264 e. The molecule has 10 nitrogen and oxygen atoms in total. The number of anilines is 1. The number of pyridine rings is 2. The van der Waals surface area contributed by atoms with Crippen molar-refractivity contribution in [3.8, 4) is 17.5 Å². The van der Waals surface area contributed by atoms with E-state index in [1.807, 2.05) is 48.5 Å². The summed E-state index contributed by atoms with van der Waals surface area (Å²) in [6.07, 6.45) is 4.45. The van der Waals surface area contributed by atoms with Gasteiger partial charge in [0.1, 0.15) is 5.56 Å². The Morgan fingerprint density at radius 2 is 1.90 bits per heavy atom. The summed E-state index contributed by atoms with van der Waals surface area (Å²) in [5.74, 6) is 5.85. The first-order chi connectivity index (χ1) is 20.3. The molecule has 0 aliphatic carbocycles. The van der Waals surface area contributed by atoms with E-state index in [2.05, 4.69) is 38.8 Å². The topological polar surface area (TPSA) is 140 Å². The average molecular weight is 558 g/mol. The van der Waals surface area contributed by atoms with Crippen LogP contribution >= 0.6 is 0 Å². The fourth-order valence-electron chi connectivity index (χ4n) is 4.68. The fourth-order valence-corrected chi connectivity index (χ4v) is 4.68. The van der Waals surface area contributed by atoms with Crippen LogP contribution in [0.4, 0.5) is 11.6 Å². The first-order valence-corrected chi connectivity index (χ1v) is 13.0. The number of hydrogen-bond donors (Lipinski definition) is 3. The van der Waals surface area contributed by atoms with Crippen molar-refractivity contribution < 1.29 is 4.79 Å². The lowest BCUT2D eigenvalue weighted by Gasteiger charge is -2.21. The predicted octanol–water partition coefficient (Wildman–Crippen LogP) is 3.77. The van der Waals surface area contributed by atoms with Gasteiger partial charge in [-0.05, 0) is 42.6 Å². The number of hydrogen-bond acceptors (Lipinski definition) is 6. The van der Waals surface area contributed by atoms with E-state index >= 15 is 0 Å². The normalized spacial score (nSPS) is 11.7. The molecule has 4 N–H and O–H groups in total. The van der Waals surface area contributed by atoms with Crippen LogP contribution < -0.4 is 22.2 Å². The molecule has 0 saturated carbocycles. The predicted molar refractivity (Wildman–Crippen MR) is 164 cm³/mol. The van der Waals surface area contributed by atoms with Crippen LogP contribution in [-0.4, -0.2) is 31.5 Å². The van der Waals surface area contributed by atoms with Gasteiger partial charge in [0.15, 0.2) is 11.6 Å². The molecule has 1 unspecified atom stereocenters. The highest BCUT2D eigenvalue weighted by Gasteiger charge is 2.24. The smallest absolute Gasteiger partial charge is 0.264 e. The molecule has 0 saturated heterocycles. The van der Waals surface area contributed by atoms with Gasteiger partial charge in [-0.15, -0.1) is 0 Å². The highest BCUT2D eigenvalue weighted by molar-refractivity contribution is 6.03. The van der Waals surface area contributed by atoms with E-state index in [1.165, 1.54) is 29.2 Å². The number of carbonyl (C=O) groups excluding carboxylic acids is 1. The van der Waals surface area contributed by atoms with Gasteiger partial charge in [-0.2, -0.15) is 5.10 Å². The molecule has 0 aliphatic rings. The van der Waals surface area contributed by atoms with E-state index in [0.717, 1.165) is 0 Å². The largest absolute Gasteiger partial charge is 0.381 e. The molecule has 0 fully saturated rings. The standard InChI is InChI=1S/C32H27N7O3/c1-4-16-35-30-28(29(33)37-38(30)3)31(41)36-20(2)25-19-23-10-8-9-22(14-13-21-15-17-34-26(40)18-21)27(23)32(42)39(25)24-11-6-5-7-12-24/h4-12,15-20H,1H2,2-3H3,(H2,33,37)(H,34,40)(H,36,41)/b35-16-. The summed E-state index contributed by atoms with van der Waals surface area (Å²) < 4.78 is 2.98. The van der Waals surface area contributed by atoms with E-state index in [1.54, 1.807) is 30.7 Å². The number of fused-ring (bicyclic) bond motifs is 1. The van der Waals surface area contributed by atoms with E-state index in [9.17, 15) is 14.4 Å². The highest BCUT2D eigenvalue weighted by Crippen LogP contribution is 2.27. The number of aryl methyl sites for hydroxylation is 1. The summed E-state index contributed by atoms with van der Waals surface area (Å²) in [7, 11) is 1.64. The SMILES string of the molecule is C=C/C=N\c1c(C(=O)NC(C)c2cc3cccc(C#Cc4cc[nH]c(=O)c4)c3c(=O)n2-c2ccccc2)c(N)nn1C. The number of aromatic nitrogens is 4. The number of rotatable bonds is 6. The minimum atomic E-state index is -0.628. The third kappa shape index (κ3) is 5.39. The molecule has 0 radical (unpaired) electrons. The summed E-state index contributed by atoms with van der Waals surface area (Å²) in [6.45, 7) is 5.40. The molecule has 0 spiro atoms. The molecule has 10 heteroatoms. The number of benzene rings is 2. The zero-order chi connectivity index (χ0) is 29.8. The molecule has 2 aromatic carbocycles. The Bertz CT molecular complexity index is 2040. The van der Waals surface area contributed by atoms with Gasteiger partial charge in [0.25, 0.3) is 11.5 Å². The second-order valence-corrected chi connectivity index (χ2v) is 9.42. The van der Waals surface area contributed by atoms with Crippen LogP contribution in [0.3, 0.4) is 0 Å². The van der Waals surface area contributed by atoms with E-state index in [-0.39, 0.29) is 28.3 Å². The molecule has 208 valence electrons. The number of aliphatic imine (C=N–C) groups is 1. The number of carbonyl (C=O) groups is 1. The van der Waals surface area contributed by atoms with Crippen LogP contribution in [0.5, 0.6) is 0 Å². The first-order valence-electron chi connectivity index (χ1n) is 13.0. The van der Waals surface area contributed by atoms with Crippen molar-refractivity contribution in [1.29, 1.82) is 0 Å². The second-order valence-electron chi connectivity index (χ2n) is 9.42. The lowest BCUT2D eigenvalue weighted by Crippen LogP contribution is -2.32. The maximum atomic E-state index is 14.2. The van der Waals surface area contributed by atoms with Crippen LogP contribution in [0.15, 0.2) is 100 Å². The number of nitrogen functional groups attached to an aromatic ring is 1. The molecule has 1 amide bonds. The van der Waals surface area contributed by atoms with Crippen molar-refractivity contribution in [1.82, 2.24) is 24.6 Å². The number of nitrogens with zero attached hydrogens (tertiary/aromatic N) is 4. The van der Waals surface area contributed by atoms with Crippen LogP contribution in [0.2, 0.25) is 0 Å². The molecule has 5 aromatic rings. The van der Waals surface area contributed by atoms with Crippen molar-refractivity contribution in [2.24, 2.45) is 12.0 Å². The zero-order valence-electron chi connectivity index (χ0n) is 23.0. The molecular weight excluding hydrogens is 530 g/mol. The van der Waals surface area contributed by atoms with Crippen molar-refractivity contribution in [2.75, 3.05) is 5.73 Å². The quantitative estimate of drug-likeness (QED) is 0.215. The Kier molecular flexibility index (Phi) is 7.66. The molecule has 1 atom stereocenters. The Hall–Kier alpha value is -5.95. The fraction of sp³-hybridized carbons (Fsp3) is 0.0938. The minimum absolute atomic E-state index is 0.0287. The second kappa shape index (κ2) is 11.7. The lowest BCUT2D eigenvalue weighted by atomic mass is 10.0. The van der Waals surface area contributed by atoms with E-state index in [0.29, 0.717) is 33.3 Å². The number of para-hydroxylation sites is 1. The molecule has 3 aromatic heterocycles. The average Bonchev–Trinajstić information content (AvgIpc) is 3.27. The summed E-state index contributed by atoms with van der Waals surface area (Å²) in [5.41, 5.74) is 7.82. The van der Waals surface area contributed by atoms with Gasteiger partial charge < -0.3 is 16.0 Å². The molecular formula is C32H27N7O3. The maximum absolute atomic E-state index is 14.2. The summed E-state index contributed by atoms with van der Waals surface area (Å²) in [4.78, 5) is 46.2. The number of aromatic amines is 1. The summed E-state index contributed by atoms with van der Waals surface area (Å²) in [5, 5.41) is 8.16. The van der Waals surface area contributed by atoms with Crippen molar-refractivity contribution in [3.63, 3.8) is 0 Å². The van der Waals surface area contributed by atoms with Crippen molar-refractivity contribution >= 4 is 34.5 Å². The third-order valence-electron chi connectivity index (χ3n) is 6.57. The Morgan fingerprint density at radius 3 is 2.64 bits per heavy atom. The van der Waals surface area contributed by atoms with Crippen LogP contribution in [0, 0.1) is 11.8 Å². The molecule has 3 heterocycles. The van der Waals surface area contributed by atoms with Gasteiger partial charge in [-0.1, -0.05) is 54.8 Å². The van der Waals surface area contributed by atoms with Gasteiger partial charge in [0.2, 0.25) is 5.56 Å². The van der Waals surface area contributed by atoms with E-state index < -0.39 is 11.9 Å². The molecule has 42 heavy (non-hydrogen) atoms. The zero-order valence-corrected chi connectivity index (χ0v) is 23.0. The lowest BCUT2D eigenvalue weighted by molar-refractivity contribution is 0.0940. The van der Waals surface area contributed by atoms with Gasteiger partial charge in [-0.25, -0.2) is 9.67 Å². The molecule has 5 rings (SSSR count). The number of amides is 1. The minimum Gasteiger partial charge on any atom is -0.381 e. The third-order valence-corrected chi connectivity index (χ3v) is 6.57. The van der Waals surface area contributed by atoms with Crippen LogP contribution in [-0.2, 0) is 7.05 Å². The first kappa shape index (κ1) is 27.6. The summed E-state index contributed by atoms with van der Waals surface area (Å²) >= 11 is 0. The van der Waals surface area contributed by atoms with Gasteiger partial charge in [0, 0.05) is 48.0 Å². The Labute approximate surface area is 240 Å². The van der Waals surface area contributed by atoms with E-state index in [4.69, 9.17) is 5.73 Å². The Balaban J connectivity index is 1.64.